The number of aryl methyl sites for hydroxylation is 1. The van der Waals surface area contributed by atoms with E-state index in [0.717, 1.165) is 17.7 Å². The maximum Gasteiger partial charge on any atom is 0.350 e. The van der Waals surface area contributed by atoms with Crippen LogP contribution in [0.5, 0.6) is 0 Å². The number of hydrogen-bond donors (Lipinski definition) is 1. The SMILES string of the molecule is Cc1ccc(NC=C2C(=O)OC(C)(C)OC2=O)cc1N1CCCC1=O. The molecule has 2 aliphatic rings. The molecule has 25 heavy (non-hydrogen) atoms. The van der Waals surface area contributed by atoms with Crippen molar-refractivity contribution in [2.75, 3.05) is 16.8 Å². The fourth-order valence-corrected chi connectivity index (χ4v) is 2.83. The number of benzene rings is 1. The molecule has 3 rings (SSSR count). The molecular weight excluding hydrogens is 324 g/mol. The fraction of sp³-hybridized carbons (Fsp3) is 0.389. The highest BCUT2D eigenvalue weighted by Crippen LogP contribution is 2.28. The zero-order valence-corrected chi connectivity index (χ0v) is 14.4. The van der Waals surface area contributed by atoms with E-state index in [-0.39, 0.29) is 11.5 Å². The van der Waals surface area contributed by atoms with Gasteiger partial charge in [0.15, 0.2) is 5.57 Å². The van der Waals surface area contributed by atoms with E-state index in [1.165, 1.54) is 20.0 Å². The predicted octanol–water partition coefficient (Wildman–Crippen LogP) is 2.25. The molecule has 1 N–H and O–H groups in total. The van der Waals surface area contributed by atoms with Crippen molar-refractivity contribution < 1.29 is 23.9 Å². The number of ether oxygens (including phenoxy) is 2. The molecule has 1 aromatic carbocycles. The first kappa shape index (κ1) is 17.0. The summed E-state index contributed by atoms with van der Waals surface area (Å²) in [7, 11) is 0. The van der Waals surface area contributed by atoms with Gasteiger partial charge in [0.05, 0.1) is 0 Å². The van der Waals surface area contributed by atoms with E-state index >= 15 is 0 Å². The van der Waals surface area contributed by atoms with Crippen molar-refractivity contribution in [2.24, 2.45) is 0 Å². The molecule has 2 heterocycles. The molecule has 0 spiro atoms. The average molecular weight is 344 g/mol. The van der Waals surface area contributed by atoms with Crippen LogP contribution in [0.4, 0.5) is 11.4 Å². The van der Waals surface area contributed by atoms with Crippen LogP contribution in [-0.4, -0.2) is 30.2 Å². The second-order valence-corrected chi connectivity index (χ2v) is 6.53. The number of cyclic esters (lactones) is 2. The van der Waals surface area contributed by atoms with Crippen LogP contribution in [0.25, 0.3) is 0 Å². The Labute approximate surface area is 145 Å². The average Bonchev–Trinajstić information content (AvgIpc) is 2.92. The maximum atomic E-state index is 12.0. The van der Waals surface area contributed by atoms with Crippen LogP contribution in [0.1, 0.15) is 32.3 Å². The Morgan fingerprint density at radius 1 is 1.16 bits per heavy atom. The van der Waals surface area contributed by atoms with Gasteiger partial charge in [0, 0.05) is 44.4 Å². The summed E-state index contributed by atoms with van der Waals surface area (Å²) in [6.45, 7) is 5.61. The van der Waals surface area contributed by atoms with E-state index in [1.807, 2.05) is 19.1 Å². The number of anilines is 2. The Balaban J connectivity index is 1.81. The van der Waals surface area contributed by atoms with E-state index in [9.17, 15) is 14.4 Å². The van der Waals surface area contributed by atoms with E-state index < -0.39 is 17.7 Å². The number of carbonyl (C=O) groups is 3. The monoisotopic (exact) mass is 344 g/mol. The van der Waals surface area contributed by atoms with Crippen molar-refractivity contribution in [3.63, 3.8) is 0 Å². The molecule has 0 atom stereocenters. The van der Waals surface area contributed by atoms with E-state index in [2.05, 4.69) is 5.32 Å². The van der Waals surface area contributed by atoms with Gasteiger partial charge in [-0.1, -0.05) is 6.07 Å². The topological polar surface area (TPSA) is 84.9 Å². The van der Waals surface area contributed by atoms with Gasteiger partial charge in [-0.2, -0.15) is 0 Å². The summed E-state index contributed by atoms with van der Waals surface area (Å²) in [5.41, 5.74) is 2.24. The molecule has 2 aliphatic heterocycles. The van der Waals surface area contributed by atoms with Crippen LogP contribution in [0, 0.1) is 6.92 Å². The van der Waals surface area contributed by atoms with Crippen LogP contribution in [0.15, 0.2) is 30.0 Å². The summed E-state index contributed by atoms with van der Waals surface area (Å²) < 4.78 is 10.1. The second kappa shape index (κ2) is 6.23. The lowest BCUT2D eigenvalue weighted by atomic mass is 10.1. The predicted molar refractivity (Wildman–Crippen MR) is 90.7 cm³/mol. The van der Waals surface area contributed by atoms with Crippen LogP contribution in [0.2, 0.25) is 0 Å². The Morgan fingerprint density at radius 2 is 1.84 bits per heavy atom. The summed E-state index contributed by atoms with van der Waals surface area (Å²) in [5.74, 6) is -2.65. The number of nitrogens with zero attached hydrogens (tertiary/aromatic N) is 1. The first-order valence-corrected chi connectivity index (χ1v) is 8.11. The van der Waals surface area contributed by atoms with E-state index in [1.54, 1.807) is 11.0 Å². The van der Waals surface area contributed by atoms with Crippen molar-refractivity contribution in [1.82, 2.24) is 0 Å². The standard InChI is InChI=1S/C18H20N2O5/c1-11-6-7-12(9-14(11)20-8-4-5-15(20)21)19-10-13-16(22)24-18(2,3)25-17(13)23/h6-7,9-10,19H,4-5,8H2,1-3H3. The molecule has 7 nitrogen and oxygen atoms in total. The lowest BCUT2D eigenvalue weighted by molar-refractivity contribution is -0.222. The molecule has 2 fully saturated rings. The van der Waals surface area contributed by atoms with Gasteiger partial charge in [0.25, 0.3) is 5.79 Å². The van der Waals surface area contributed by atoms with Gasteiger partial charge in [-0.25, -0.2) is 9.59 Å². The summed E-state index contributed by atoms with van der Waals surface area (Å²) in [5, 5.41) is 2.91. The molecule has 1 aromatic rings. The van der Waals surface area contributed by atoms with Crippen molar-refractivity contribution in [1.29, 1.82) is 0 Å². The number of rotatable bonds is 3. The summed E-state index contributed by atoms with van der Waals surface area (Å²) in [6, 6.07) is 5.50. The Bertz CT molecular complexity index is 760. The molecule has 132 valence electrons. The molecule has 0 saturated carbocycles. The Hall–Kier alpha value is -2.83. The molecule has 2 saturated heterocycles. The summed E-state index contributed by atoms with van der Waals surface area (Å²) >= 11 is 0. The third-order valence-corrected chi connectivity index (χ3v) is 4.07. The number of esters is 2. The highest BCUT2D eigenvalue weighted by atomic mass is 16.7. The van der Waals surface area contributed by atoms with Crippen molar-refractivity contribution >= 4 is 29.2 Å². The first-order valence-electron chi connectivity index (χ1n) is 8.11. The number of hydrogen-bond acceptors (Lipinski definition) is 6. The minimum atomic E-state index is -1.27. The summed E-state index contributed by atoms with van der Waals surface area (Å²) in [6.07, 6.45) is 2.65. The minimum Gasteiger partial charge on any atom is -0.419 e. The maximum absolute atomic E-state index is 12.0. The lowest BCUT2D eigenvalue weighted by Gasteiger charge is -2.29. The lowest BCUT2D eigenvalue weighted by Crippen LogP contribution is -2.42. The first-order chi connectivity index (χ1) is 11.8. The normalized spacial score (nSPS) is 19.6. The largest absolute Gasteiger partial charge is 0.419 e. The quantitative estimate of drug-likeness (QED) is 0.514. The smallest absolute Gasteiger partial charge is 0.350 e. The molecule has 1 amide bonds. The fourth-order valence-electron chi connectivity index (χ4n) is 2.83. The van der Waals surface area contributed by atoms with Gasteiger partial charge in [-0.05, 0) is 31.0 Å². The zero-order chi connectivity index (χ0) is 18.2. The van der Waals surface area contributed by atoms with Crippen LogP contribution >= 0.6 is 0 Å². The van der Waals surface area contributed by atoms with Gasteiger partial charge in [-0.15, -0.1) is 0 Å². The molecule has 0 unspecified atom stereocenters. The highest BCUT2D eigenvalue weighted by Gasteiger charge is 2.38. The van der Waals surface area contributed by atoms with Gasteiger partial charge < -0.3 is 19.7 Å². The molecule has 0 bridgehead atoms. The molecular formula is C18H20N2O5. The van der Waals surface area contributed by atoms with Gasteiger partial charge in [0.2, 0.25) is 5.91 Å². The third-order valence-electron chi connectivity index (χ3n) is 4.07. The van der Waals surface area contributed by atoms with E-state index in [4.69, 9.17) is 9.47 Å². The minimum absolute atomic E-state index is 0.0975. The highest BCUT2D eigenvalue weighted by molar-refractivity contribution is 6.15. The summed E-state index contributed by atoms with van der Waals surface area (Å²) in [4.78, 5) is 37.6. The van der Waals surface area contributed by atoms with Crippen molar-refractivity contribution in [3.8, 4) is 0 Å². The number of carbonyl (C=O) groups excluding carboxylic acids is 3. The molecule has 0 aliphatic carbocycles. The molecule has 7 heteroatoms. The third kappa shape index (κ3) is 3.50. The second-order valence-electron chi connectivity index (χ2n) is 6.53. The number of nitrogens with one attached hydrogen (secondary N) is 1. The Kier molecular flexibility index (Phi) is 4.24. The van der Waals surface area contributed by atoms with Crippen LogP contribution in [-0.2, 0) is 23.9 Å². The van der Waals surface area contributed by atoms with Gasteiger partial charge in [0.1, 0.15) is 0 Å². The molecule has 0 aromatic heterocycles. The molecule has 0 radical (unpaired) electrons. The van der Waals surface area contributed by atoms with Crippen molar-refractivity contribution in [3.05, 3.63) is 35.5 Å². The van der Waals surface area contributed by atoms with Gasteiger partial charge in [-0.3, -0.25) is 4.79 Å². The zero-order valence-electron chi connectivity index (χ0n) is 14.4. The van der Waals surface area contributed by atoms with E-state index in [0.29, 0.717) is 18.7 Å². The Morgan fingerprint density at radius 3 is 2.44 bits per heavy atom. The van der Waals surface area contributed by atoms with Gasteiger partial charge >= 0.3 is 11.9 Å². The number of amides is 1. The van der Waals surface area contributed by atoms with Crippen LogP contribution < -0.4 is 10.2 Å². The van der Waals surface area contributed by atoms with Crippen molar-refractivity contribution in [2.45, 2.75) is 39.4 Å². The van der Waals surface area contributed by atoms with Crippen LogP contribution in [0.3, 0.4) is 0 Å².